The fourth-order valence-corrected chi connectivity index (χ4v) is 2.46. The van der Waals surface area contributed by atoms with Gasteiger partial charge in [0.25, 0.3) is 0 Å². The first-order chi connectivity index (χ1) is 8.38. The molecule has 5 heteroatoms. The van der Waals surface area contributed by atoms with Crippen molar-refractivity contribution in [2.45, 2.75) is 37.6 Å². The van der Waals surface area contributed by atoms with E-state index in [9.17, 15) is 13.2 Å². The summed E-state index contributed by atoms with van der Waals surface area (Å²) in [6.45, 7) is 0.745. The molecular weight excluding hydrogens is 243 g/mol. The molecule has 2 N–H and O–H groups in total. The second-order valence-electron chi connectivity index (χ2n) is 4.76. The van der Waals surface area contributed by atoms with Crippen molar-refractivity contribution in [3.05, 3.63) is 35.4 Å². The summed E-state index contributed by atoms with van der Waals surface area (Å²) in [5.41, 5.74) is 7.99. The van der Waals surface area contributed by atoms with Gasteiger partial charge in [0.05, 0.1) is 12.1 Å². The Kier molecular flexibility index (Phi) is 3.64. The molecule has 0 bridgehead atoms. The molecule has 0 saturated carbocycles. The first-order valence-corrected chi connectivity index (χ1v) is 5.91. The minimum absolute atomic E-state index is 0.166. The van der Waals surface area contributed by atoms with Crippen LogP contribution in [0.1, 0.15) is 36.4 Å². The van der Waals surface area contributed by atoms with Crippen LogP contribution in [0.15, 0.2) is 24.3 Å². The van der Waals surface area contributed by atoms with Gasteiger partial charge >= 0.3 is 6.18 Å². The third-order valence-corrected chi connectivity index (χ3v) is 3.33. The molecular formula is C13H16F3NO. The summed E-state index contributed by atoms with van der Waals surface area (Å²) in [7, 11) is 0. The average molecular weight is 259 g/mol. The monoisotopic (exact) mass is 259 g/mol. The van der Waals surface area contributed by atoms with E-state index in [4.69, 9.17) is 10.5 Å². The lowest BCUT2D eigenvalue weighted by Crippen LogP contribution is -2.37. The maximum absolute atomic E-state index is 12.2. The number of nitrogens with two attached hydrogens (primary N) is 1. The van der Waals surface area contributed by atoms with Crippen LogP contribution >= 0.6 is 0 Å². The van der Waals surface area contributed by atoms with Gasteiger partial charge in [-0.3, -0.25) is 0 Å². The smallest absolute Gasteiger partial charge is 0.367 e. The van der Waals surface area contributed by atoms with E-state index in [1.807, 2.05) is 31.2 Å². The van der Waals surface area contributed by atoms with Crippen LogP contribution in [-0.2, 0) is 4.74 Å². The number of rotatable bonds is 2. The number of benzene rings is 1. The average Bonchev–Trinajstić information content (AvgIpc) is 2.31. The van der Waals surface area contributed by atoms with Crippen molar-refractivity contribution in [1.82, 2.24) is 0 Å². The first-order valence-electron chi connectivity index (χ1n) is 5.91. The highest BCUT2D eigenvalue weighted by molar-refractivity contribution is 5.35. The lowest BCUT2D eigenvalue weighted by molar-refractivity contribution is -0.189. The third kappa shape index (κ3) is 2.84. The molecule has 2 nitrogen and oxygen atoms in total. The minimum Gasteiger partial charge on any atom is -0.367 e. The summed E-state index contributed by atoms with van der Waals surface area (Å²) in [6, 6.07) is 7.11. The van der Waals surface area contributed by atoms with Crippen LogP contribution in [0.2, 0.25) is 0 Å². The molecule has 1 aromatic carbocycles. The molecule has 1 aliphatic carbocycles. The molecule has 2 rings (SSSR count). The van der Waals surface area contributed by atoms with E-state index < -0.39 is 24.9 Å². The molecule has 0 radical (unpaired) electrons. The number of fused-ring (bicyclic) bond motifs is 1. The summed E-state index contributed by atoms with van der Waals surface area (Å²) >= 11 is 0. The molecule has 1 aliphatic rings. The molecule has 18 heavy (non-hydrogen) atoms. The van der Waals surface area contributed by atoms with Gasteiger partial charge in [-0.1, -0.05) is 31.2 Å². The zero-order chi connectivity index (χ0) is 13.3. The van der Waals surface area contributed by atoms with Crippen LogP contribution in [0, 0.1) is 0 Å². The Balaban J connectivity index is 2.13. The second kappa shape index (κ2) is 4.90. The van der Waals surface area contributed by atoms with Crippen molar-refractivity contribution in [3.63, 3.8) is 0 Å². The van der Waals surface area contributed by atoms with Crippen LogP contribution in [0.5, 0.6) is 0 Å². The van der Waals surface area contributed by atoms with Crippen LogP contribution in [-0.4, -0.2) is 18.9 Å². The van der Waals surface area contributed by atoms with Gasteiger partial charge in [0.15, 0.2) is 0 Å². The molecule has 0 aliphatic heterocycles. The number of hydrogen-bond donors (Lipinski definition) is 1. The van der Waals surface area contributed by atoms with Gasteiger partial charge in [-0.2, -0.15) is 13.2 Å². The van der Waals surface area contributed by atoms with E-state index in [0.29, 0.717) is 6.42 Å². The van der Waals surface area contributed by atoms with Gasteiger partial charge in [0.1, 0.15) is 6.61 Å². The molecule has 0 spiro atoms. The van der Waals surface area contributed by atoms with E-state index in [0.717, 1.165) is 11.1 Å². The fraction of sp³-hybridized carbons (Fsp3) is 0.538. The van der Waals surface area contributed by atoms with Crippen LogP contribution in [0.3, 0.4) is 0 Å². The predicted octanol–water partition coefficient (Wildman–Crippen LogP) is 3.14. The van der Waals surface area contributed by atoms with Crippen LogP contribution < -0.4 is 5.73 Å². The topological polar surface area (TPSA) is 35.2 Å². The number of alkyl halides is 3. The zero-order valence-electron chi connectivity index (χ0n) is 10.1. The first kappa shape index (κ1) is 13.4. The van der Waals surface area contributed by atoms with Crippen molar-refractivity contribution in [2.24, 2.45) is 5.73 Å². The minimum atomic E-state index is -4.31. The van der Waals surface area contributed by atoms with Crippen LogP contribution in [0.25, 0.3) is 0 Å². The Labute approximate surface area is 104 Å². The third-order valence-electron chi connectivity index (χ3n) is 3.33. The molecule has 100 valence electrons. The van der Waals surface area contributed by atoms with Gasteiger partial charge in [-0.15, -0.1) is 0 Å². The maximum atomic E-state index is 12.2. The van der Waals surface area contributed by atoms with Crippen molar-refractivity contribution in [1.29, 1.82) is 0 Å². The molecule has 0 fully saturated rings. The lowest BCUT2D eigenvalue weighted by atomic mass is 9.79. The van der Waals surface area contributed by atoms with E-state index in [1.54, 1.807) is 0 Å². The Morgan fingerprint density at radius 2 is 1.89 bits per heavy atom. The summed E-state index contributed by atoms with van der Waals surface area (Å²) in [5.74, 6) is 0.166. The highest BCUT2D eigenvalue weighted by Gasteiger charge is 2.35. The number of ether oxygens (including phenoxy) is 1. The van der Waals surface area contributed by atoms with Gasteiger partial charge in [0, 0.05) is 0 Å². The highest BCUT2D eigenvalue weighted by atomic mass is 19.4. The quantitative estimate of drug-likeness (QED) is 0.885. The normalized spacial score (nSPS) is 27.9. The van der Waals surface area contributed by atoms with E-state index in [-0.39, 0.29) is 5.92 Å². The van der Waals surface area contributed by atoms with Crippen molar-refractivity contribution in [2.75, 3.05) is 6.61 Å². The van der Waals surface area contributed by atoms with Gasteiger partial charge in [-0.05, 0) is 23.5 Å². The highest BCUT2D eigenvalue weighted by Crippen LogP contribution is 2.37. The van der Waals surface area contributed by atoms with Gasteiger partial charge in [-0.25, -0.2) is 0 Å². The fourth-order valence-electron chi connectivity index (χ4n) is 2.46. The molecule has 3 atom stereocenters. The van der Waals surface area contributed by atoms with Crippen molar-refractivity contribution >= 4 is 0 Å². The molecule has 0 saturated heterocycles. The van der Waals surface area contributed by atoms with E-state index >= 15 is 0 Å². The summed E-state index contributed by atoms with van der Waals surface area (Å²) in [6.07, 6.45) is -4.36. The number of halogens is 3. The second-order valence-corrected chi connectivity index (χ2v) is 4.76. The van der Waals surface area contributed by atoms with E-state index in [2.05, 4.69) is 0 Å². The summed E-state index contributed by atoms with van der Waals surface area (Å²) in [5, 5.41) is 0. The van der Waals surface area contributed by atoms with Crippen LogP contribution in [0.4, 0.5) is 13.2 Å². The van der Waals surface area contributed by atoms with Gasteiger partial charge in [0.2, 0.25) is 0 Å². The Morgan fingerprint density at radius 3 is 2.50 bits per heavy atom. The Morgan fingerprint density at radius 1 is 1.28 bits per heavy atom. The standard InChI is InChI=1S/C13H16F3NO/c1-8-6-11(18-7-13(14,15)16)12(17)10-5-3-2-4-9(8)10/h2-5,8,11-12H,6-7,17H2,1H3. The molecule has 0 aromatic heterocycles. The Bertz CT molecular complexity index is 419. The van der Waals surface area contributed by atoms with Crippen molar-refractivity contribution in [3.8, 4) is 0 Å². The molecule has 0 amide bonds. The maximum Gasteiger partial charge on any atom is 0.411 e. The molecule has 1 aromatic rings. The van der Waals surface area contributed by atoms with E-state index in [1.165, 1.54) is 0 Å². The molecule has 0 heterocycles. The lowest BCUT2D eigenvalue weighted by Gasteiger charge is -2.34. The zero-order valence-corrected chi connectivity index (χ0v) is 10.1. The molecule has 3 unspecified atom stereocenters. The number of hydrogen-bond acceptors (Lipinski definition) is 2. The SMILES string of the molecule is CC1CC(OCC(F)(F)F)C(N)c2ccccc21. The largest absolute Gasteiger partial charge is 0.411 e. The summed E-state index contributed by atoms with van der Waals surface area (Å²) in [4.78, 5) is 0. The van der Waals surface area contributed by atoms with Crippen molar-refractivity contribution < 1.29 is 17.9 Å². The Hall–Kier alpha value is -1.07. The van der Waals surface area contributed by atoms with Gasteiger partial charge < -0.3 is 10.5 Å². The summed E-state index contributed by atoms with van der Waals surface area (Å²) < 4.78 is 41.4. The predicted molar refractivity (Wildman–Crippen MR) is 62.2 cm³/mol.